The van der Waals surface area contributed by atoms with Gasteiger partial charge in [-0.2, -0.15) is 0 Å². The third-order valence-corrected chi connectivity index (χ3v) is 6.53. The lowest BCUT2D eigenvalue weighted by atomic mass is 9.74. The number of amides is 3. The van der Waals surface area contributed by atoms with E-state index in [-0.39, 0.29) is 29.6 Å². The first-order valence-electron chi connectivity index (χ1n) is 9.95. The molecule has 0 bridgehead atoms. The molecule has 0 radical (unpaired) electrons. The highest BCUT2D eigenvalue weighted by atomic mass is 35.5. The number of hydrogen-bond donors (Lipinski definition) is 1. The number of anilines is 1. The Hall–Kier alpha value is -2.99. The monoisotopic (exact) mass is 423 g/mol. The Morgan fingerprint density at radius 2 is 1.90 bits per heavy atom. The van der Waals surface area contributed by atoms with Crippen molar-refractivity contribution in [1.29, 1.82) is 0 Å². The third kappa shape index (κ3) is 3.03. The topological polar surface area (TPSA) is 62.3 Å². The summed E-state index contributed by atoms with van der Waals surface area (Å²) >= 11 is 6.24. The van der Waals surface area contributed by atoms with E-state index in [0.29, 0.717) is 35.5 Å². The molecule has 2 heterocycles. The summed E-state index contributed by atoms with van der Waals surface area (Å²) in [5.41, 5.74) is 0.952. The summed E-state index contributed by atoms with van der Waals surface area (Å²) in [4.78, 5) is 31.7. The van der Waals surface area contributed by atoms with Crippen LogP contribution in [0, 0.1) is 11.7 Å². The van der Waals surface area contributed by atoms with E-state index in [1.165, 1.54) is 11.0 Å². The normalized spacial score (nSPS) is 23.9. The Labute approximate surface area is 177 Å². The van der Waals surface area contributed by atoms with Gasteiger partial charge in [-0.3, -0.25) is 9.78 Å². The molecule has 0 spiro atoms. The van der Waals surface area contributed by atoms with Crippen LogP contribution in [0.1, 0.15) is 30.7 Å². The van der Waals surface area contributed by atoms with Crippen molar-refractivity contribution in [3.05, 3.63) is 71.3 Å². The minimum Gasteiger partial charge on any atom is -0.334 e. The van der Waals surface area contributed by atoms with Gasteiger partial charge in [-0.25, -0.2) is 14.1 Å². The molecular formula is C23H19ClFN3O2. The van der Waals surface area contributed by atoms with E-state index >= 15 is 0 Å². The van der Waals surface area contributed by atoms with Gasteiger partial charge >= 0.3 is 6.03 Å². The van der Waals surface area contributed by atoms with Gasteiger partial charge in [0.2, 0.25) is 5.91 Å². The van der Waals surface area contributed by atoms with Crippen molar-refractivity contribution in [3.8, 4) is 0 Å². The first-order valence-corrected chi connectivity index (χ1v) is 10.3. The lowest BCUT2D eigenvalue weighted by Crippen LogP contribution is -2.61. The standard InChI is InChI=1S/C23H19ClFN3O2/c24-17-6-3-7-18(25)21(17)13-8-9-16-19(10-13)27-23(30)28(22(16)29)20-12-26-11-14-4-1-2-5-15(14)20/h1-7,11-13,16,19H,8-10H2,(H,27,30). The Morgan fingerprint density at radius 1 is 1.07 bits per heavy atom. The molecule has 1 aliphatic carbocycles. The van der Waals surface area contributed by atoms with Crippen molar-refractivity contribution in [1.82, 2.24) is 10.3 Å². The van der Waals surface area contributed by atoms with Crippen LogP contribution in [0.25, 0.3) is 10.8 Å². The van der Waals surface area contributed by atoms with Gasteiger partial charge in [0.1, 0.15) is 5.82 Å². The molecule has 3 atom stereocenters. The van der Waals surface area contributed by atoms with Crippen LogP contribution in [0.5, 0.6) is 0 Å². The molecule has 1 aliphatic heterocycles. The molecule has 1 N–H and O–H groups in total. The molecule has 3 aromatic rings. The predicted molar refractivity (Wildman–Crippen MR) is 113 cm³/mol. The zero-order valence-electron chi connectivity index (χ0n) is 16.0. The fourth-order valence-electron chi connectivity index (χ4n) is 4.78. The second-order valence-electron chi connectivity index (χ2n) is 7.86. The fourth-order valence-corrected chi connectivity index (χ4v) is 5.10. The molecule has 3 unspecified atom stereocenters. The van der Waals surface area contributed by atoms with E-state index < -0.39 is 6.03 Å². The molecule has 7 heteroatoms. The van der Waals surface area contributed by atoms with E-state index in [1.54, 1.807) is 24.5 Å². The Morgan fingerprint density at radius 3 is 2.73 bits per heavy atom. The molecule has 3 amide bonds. The molecule has 1 aromatic heterocycles. The summed E-state index contributed by atoms with van der Waals surface area (Å²) in [5.74, 6) is -1.08. The molecule has 5 rings (SSSR count). The molecule has 2 fully saturated rings. The van der Waals surface area contributed by atoms with Crippen molar-refractivity contribution in [3.63, 3.8) is 0 Å². The van der Waals surface area contributed by atoms with E-state index in [9.17, 15) is 14.0 Å². The number of carbonyl (C=O) groups excluding carboxylic acids is 2. The van der Waals surface area contributed by atoms with Crippen LogP contribution in [0.4, 0.5) is 14.9 Å². The first-order chi connectivity index (χ1) is 14.5. The van der Waals surface area contributed by atoms with E-state index in [1.807, 2.05) is 24.3 Å². The first kappa shape index (κ1) is 19.0. The fraction of sp³-hybridized carbons (Fsp3) is 0.261. The highest BCUT2D eigenvalue weighted by molar-refractivity contribution is 6.31. The lowest BCUT2D eigenvalue weighted by Gasteiger charge is -2.42. The van der Waals surface area contributed by atoms with Crippen molar-refractivity contribution in [2.24, 2.45) is 5.92 Å². The molecular weight excluding hydrogens is 405 g/mol. The third-order valence-electron chi connectivity index (χ3n) is 6.20. The minimum absolute atomic E-state index is 0.140. The summed E-state index contributed by atoms with van der Waals surface area (Å²) in [6, 6.07) is 11.3. The minimum atomic E-state index is -0.473. The average molecular weight is 424 g/mol. The Kier molecular flexibility index (Phi) is 4.66. The second kappa shape index (κ2) is 7.36. The van der Waals surface area contributed by atoms with E-state index in [0.717, 1.165) is 10.8 Å². The Balaban J connectivity index is 1.45. The van der Waals surface area contributed by atoms with E-state index in [2.05, 4.69) is 10.3 Å². The van der Waals surface area contributed by atoms with E-state index in [4.69, 9.17) is 11.6 Å². The van der Waals surface area contributed by atoms with Gasteiger partial charge in [0.15, 0.2) is 0 Å². The zero-order chi connectivity index (χ0) is 20.8. The number of aromatic nitrogens is 1. The van der Waals surface area contributed by atoms with Crippen LogP contribution in [0.2, 0.25) is 5.02 Å². The predicted octanol–water partition coefficient (Wildman–Crippen LogP) is 5.04. The number of carbonyl (C=O) groups is 2. The molecule has 2 aromatic carbocycles. The number of benzene rings is 2. The van der Waals surface area contributed by atoms with Gasteiger partial charge < -0.3 is 5.32 Å². The smallest absolute Gasteiger partial charge is 0.329 e. The molecule has 2 aliphatic rings. The molecule has 5 nitrogen and oxygen atoms in total. The summed E-state index contributed by atoms with van der Waals surface area (Å²) in [6.45, 7) is 0. The van der Waals surface area contributed by atoms with Crippen LogP contribution in [0.15, 0.2) is 54.9 Å². The molecule has 1 saturated carbocycles. The average Bonchev–Trinajstić information content (AvgIpc) is 2.73. The Bertz CT molecular complexity index is 1140. The molecule has 152 valence electrons. The van der Waals surface area contributed by atoms with Gasteiger partial charge in [-0.15, -0.1) is 0 Å². The van der Waals surface area contributed by atoms with Crippen molar-refractivity contribution in [2.75, 3.05) is 4.90 Å². The number of fused-ring (bicyclic) bond motifs is 2. The van der Waals surface area contributed by atoms with Gasteiger partial charge in [-0.1, -0.05) is 41.9 Å². The molecule has 1 saturated heterocycles. The number of rotatable bonds is 2. The number of pyridine rings is 1. The maximum atomic E-state index is 14.4. The van der Waals surface area contributed by atoms with Crippen LogP contribution in [0.3, 0.4) is 0 Å². The summed E-state index contributed by atoms with van der Waals surface area (Å²) < 4.78 is 14.4. The van der Waals surface area contributed by atoms with Crippen molar-refractivity contribution < 1.29 is 14.0 Å². The largest absolute Gasteiger partial charge is 0.334 e. The summed E-state index contributed by atoms with van der Waals surface area (Å²) in [6.07, 6.45) is 4.91. The van der Waals surface area contributed by atoms with Gasteiger partial charge in [0, 0.05) is 33.6 Å². The highest BCUT2D eigenvalue weighted by Gasteiger charge is 2.45. The number of hydrogen-bond acceptors (Lipinski definition) is 3. The number of nitrogens with zero attached hydrogens (tertiary/aromatic N) is 2. The second-order valence-corrected chi connectivity index (χ2v) is 8.27. The number of urea groups is 1. The number of halogens is 2. The SMILES string of the molecule is O=C1NC2CC(c3c(F)cccc3Cl)CCC2C(=O)N1c1cncc2ccccc12. The van der Waals surface area contributed by atoms with Crippen molar-refractivity contribution in [2.45, 2.75) is 31.2 Å². The number of imide groups is 1. The van der Waals surface area contributed by atoms with Crippen LogP contribution >= 0.6 is 11.6 Å². The van der Waals surface area contributed by atoms with Gasteiger partial charge in [0.25, 0.3) is 0 Å². The number of nitrogens with one attached hydrogen (secondary N) is 1. The molecule has 30 heavy (non-hydrogen) atoms. The summed E-state index contributed by atoms with van der Waals surface area (Å²) in [7, 11) is 0. The van der Waals surface area contributed by atoms with Crippen LogP contribution < -0.4 is 10.2 Å². The van der Waals surface area contributed by atoms with Gasteiger partial charge in [0.05, 0.1) is 17.8 Å². The van der Waals surface area contributed by atoms with Crippen molar-refractivity contribution >= 4 is 40.0 Å². The highest BCUT2D eigenvalue weighted by Crippen LogP contribution is 2.42. The van der Waals surface area contributed by atoms with Crippen LogP contribution in [-0.4, -0.2) is 23.0 Å². The summed E-state index contributed by atoms with van der Waals surface area (Å²) in [5, 5.41) is 5.01. The van der Waals surface area contributed by atoms with Crippen LogP contribution in [-0.2, 0) is 4.79 Å². The zero-order valence-corrected chi connectivity index (χ0v) is 16.8. The quantitative estimate of drug-likeness (QED) is 0.628. The maximum absolute atomic E-state index is 14.4. The lowest BCUT2D eigenvalue weighted by molar-refractivity contribution is -0.124. The maximum Gasteiger partial charge on any atom is 0.329 e. The van der Waals surface area contributed by atoms with Gasteiger partial charge in [-0.05, 0) is 37.3 Å².